The average Bonchev–Trinajstić information content (AvgIpc) is 3.18. The van der Waals surface area contributed by atoms with Gasteiger partial charge >= 0.3 is 0 Å². The van der Waals surface area contributed by atoms with Gasteiger partial charge in [-0.1, -0.05) is 24.3 Å². The molecule has 2 N–H and O–H groups in total. The Labute approximate surface area is 112 Å². The van der Waals surface area contributed by atoms with E-state index in [9.17, 15) is 8.78 Å². The molecule has 0 amide bonds. The van der Waals surface area contributed by atoms with Crippen molar-refractivity contribution in [1.29, 1.82) is 0 Å². The Morgan fingerprint density at radius 3 is 2.37 bits per heavy atom. The fourth-order valence-electron chi connectivity index (χ4n) is 3.25. The van der Waals surface area contributed by atoms with Gasteiger partial charge in [0, 0.05) is 17.6 Å². The molecule has 2 fully saturated rings. The number of hydrogen-bond donors (Lipinski definition) is 1. The third kappa shape index (κ3) is 2.51. The molecule has 1 saturated heterocycles. The second kappa shape index (κ2) is 5.17. The van der Waals surface area contributed by atoms with E-state index in [0.717, 1.165) is 18.5 Å². The lowest BCUT2D eigenvalue weighted by atomic mass is 9.93. The molecule has 19 heavy (non-hydrogen) atoms. The highest BCUT2D eigenvalue weighted by atomic mass is 19.3. The van der Waals surface area contributed by atoms with E-state index >= 15 is 0 Å². The van der Waals surface area contributed by atoms with Crippen molar-refractivity contribution in [2.24, 2.45) is 11.7 Å². The highest BCUT2D eigenvalue weighted by Crippen LogP contribution is 2.43. The number of nitrogens with two attached hydrogens (primary N) is 1. The van der Waals surface area contributed by atoms with Crippen LogP contribution in [-0.4, -0.2) is 24.0 Å². The smallest absolute Gasteiger partial charge is 0.263 e. The highest BCUT2D eigenvalue weighted by Gasteiger charge is 2.41. The number of alkyl halides is 2. The normalized spacial score (nSPS) is 28.2. The van der Waals surface area contributed by atoms with Gasteiger partial charge in [-0.3, -0.25) is 4.90 Å². The van der Waals surface area contributed by atoms with Crippen molar-refractivity contribution in [3.63, 3.8) is 0 Å². The Morgan fingerprint density at radius 2 is 1.84 bits per heavy atom. The molecule has 2 atom stereocenters. The van der Waals surface area contributed by atoms with Crippen molar-refractivity contribution in [1.82, 2.24) is 4.90 Å². The number of nitrogens with zero attached hydrogens (tertiary/aromatic N) is 1. The average molecular weight is 266 g/mol. The molecule has 1 aromatic rings. The summed E-state index contributed by atoms with van der Waals surface area (Å²) in [6, 6.07) is 7.83. The first-order chi connectivity index (χ1) is 9.20. The van der Waals surface area contributed by atoms with E-state index in [4.69, 9.17) is 5.73 Å². The maximum Gasteiger partial charge on any atom is 0.263 e. The quantitative estimate of drug-likeness (QED) is 0.907. The minimum absolute atomic E-state index is 0.101. The fraction of sp³-hybridized carbons (Fsp3) is 0.600. The van der Waals surface area contributed by atoms with Gasteiger partial charge in [0.25, 0.3) is 6.43 Å². The van der Waals surface area contributed by atoms with Gasteiger partial charge in [0.1, 0.15) is 0 Å². The molecule has 0 radical (unpaired) electrons. The van der Waals surface area contributed by atoms with E-state index in [0.29, 0.717) is 24.5 Å². The summed E-state index contributed by atoms with van der Waals surface area (Å²) in [6.07, 6.45) is 1.27. The molecule has 2 unspecified atom stereocenters. The predicted molar refractivity (Wildman–Crippen MR) is 71.0 cm³/mol. The van der Waals surface area contributed by atoms with Gasteiger partial charge in [-0.2, -0.15) is 0 Å². The molecule has 3 rings (SSSR count). The van der Waals surface area contributed by atoms with Gasteiger partial charge in [-0.15, -0.1) is 0 Å². The maximum absolute atomic E-state index is 12.6. The van der Waals surface area contributed by atoms with E-state index in [-0.39, 0.29) is 5.56 Å². The summed E-state index contributed by atoms with van der Waals surface area (Å²) in [6.45, 7) is 1.76. The maximum atomic E-state index is 12.6. The molecule has 2 nitrogen and oxygen atoms in total. The van der Waals surface area contributed by atoms with Crippen molar-refractivity contribution >= 4 is 0 Å². The molecular weight excluding hydrogens is 246 g/mol. The number of halogens is 2. The molecule has 1 aromatic carbocycles. The van der Waals surface area contributed by atoms with E-state index in [1.54, 1.807) is 12.1 Å². The van der Waals surface area contributed by atoms with Crippen LogP contribution in [0.3, 0.4) is 0 Å². The van der Waals surface area contributed by atoms with E-state index in [2.05, 4.69) is 4.90 Å². The Kier molecular flexibility index (Phi) is 3.54. The summed E-state index contributed by atoms with van der Waals surface area (Å²) >= 11 is 0. The van der Waals surface area contributed by atoms with Crippen molar-refractivity contribution in [2.75, 3.05) is 13.1 Å². The minimum Gasteiger partial charge on any atom is -0.330 e. The Balaban J connectivity index is 1.84. The lowest BCUT2D eigenvalue weighted by Gasteiger charge is -2.28. The summed E-state index contributed by atoms with van der Waals surface area (Å²) in [5.74, 6) is 0.456. The number of rotatable bonds is 4. The summed E-state index contributed by atoms with van der Waals surface area (Å²) in [5, 5.41) is 0. The topological polar surface area (TPSA) is 29.3 Å². The lowest BCUT2D eigenvalue weighted by molar-refractivity contribution is 0.151. The molecule has 1 saturated carbocycles. The first-order valence-electron chi connectivity index (χ1n) is 7.04. The SMILES string of the molecule is NCC1CCN(C2CC2)C1c1ccc(C(F)F)cc1. The zero-order valence-corrected chi connectivity index (χ0v) is 10.9. The van der Waals surface area contributed by atoms with Crippen LogP contribution in [0.25, 0.3) is 0 Å². The first-order valence-corrected chi connectivity index (χ1v) is 7.04. The number of benzene rings is 1. The van der Waals surface area contributed by atoms with Crippen LogP contribution in [0.2, 0.25) is 0 Å². The molecule has 104 valence electrons. The van der Waals surface area contributed by atoms with Crippen LogP contribution >= 0.6 is 0 Å². The molecule has 0 spiro atoms. The monoisotopic (exact) mass is 266 g/mol. The second-order valence-corrected chi connectivity index (χ2v) is 5.67. The molecule has 1 aliphatic heterocycles. The zero-order valence-electron chi connectivity index (χ0n) is 10.9. The summed E-state index contributed by atoms with van der Waals surface area (Å²) in [7, 11) is 0. The molecule has 1 heterocycles. The highest BCUT2D eigenvalue weighted by molar-refractivity contribution is 5.27. The minimum atomic E-state index is -2.39. The van der Waals surface area contributed by atoms with E-state index < -0.39 is 6.43 Å². The van der Waals surface area contributed by atoms with Crippen molar-refractivity contribution in [2.45, 2.75) is 37.8 Å². The van der Waals surface area contributed by atoms with Crippen molar-refractivity contribution in [3.05, 3.63) is 35.4 Å². The molecular formula is C15H20F2N2. The van der Waals surface area contributed by atoms with Crippen molar-refractivity contribution in [3.8, 4) is 0 Å². The van der Waals surface area contributed by atoms with E-state index in [1.807, 2.05) is 12.1 Å². The molecule has 2 aliphatic rings. The predicted octanol–water partition coefficient (Wildman–Crippen LogP) is 3.11. The van der Waals surface area contributed by atoms with Crippen LogP contribution in [-0.2, 0) is 0 Å². The standard InChI is InChI=1S/C15H20F2N2/c16-15(17)11-3-1-10(2-4-11)14-12(9-18)7-8-19(14)13-5-6-13/h1-4,12-15H,5-9,18H2. The largest absolute Gasteiger partial charge is 0.330 e. The van der Waals surface area contributed by atoms with Gasteiger partial charge in [-0.25, -0.2) is 8.78 Å². The van der Waals surface area contributed by atoms with Crippen LogP contribution in [0.4, 0.5) is 8.78 Å². The first kappa shape index (κ1) is 13.0. The van der Waals surface area contributed by atoms with Crippen LogP contribution in [0, 0.1) is 5.92 Å². The number of likely N-dealkylation sites (tertiary alicyclic amines) is 1. The third-order valence-corrected chi connectivity index (χ3v) is 4.41. The van der Waals surface area contributed by atoms with Crippen LogP contribution in [0.1, 0.15) is 42.9 Å². The van der Waals surface area contributed by atoms with Gasteiger partial charge < -0.3 is 5.73 Å². The van der Waals surface area contributed by atoms with Crippen LogP contribution in [0.5, 0.6) is 0 Å². The van der Waals surface area contributed by atoms with Crippen LogP contribution in [0.15, 0.2) is 24.3 Å². The molecule has 0 bridgehead atoms. The Hall–Kier alpha value is -1.00. The lowest BCUT2D eigenvalue weighted by Crippen LogP contribution is -2.29. The van der Waals surface area contributed by atoms with Gasteiger partial charge in [-0.05, 0) is 43.8 Å². The van der Waals surface area contributed by atoms with Crippen molar-refractivity contribution < 1.29 is 8.78 Å². The van der Waals surface area contributed by atoms with Gasteiger partial charge in [0.15, 0.2) is 0 Å². The van der Waals surface area contributed by atoms with Crippen LogP contribution < -0.4 is 5.73 Å². The zero-order chi connectivity index (χ0) is 13.4. The van der Waals surface area contributed by atoms with Gasteiger partial charge in [0.05, 0.1) is 0 Å². The molecule has 4 heteroatoms. The molecule has 0 aromatic heterocycles. The summed E-state index contributed by atoms with van der Waals surface area (Å²) in [4.78, 5) is 2.52. The second-order valence-electron chi connectivity index (χ2n) is 5.67. The van der Waals surface area contributed by atoms with Gasteiger partial charge in [0.2, 0.25) is 0 Å². The summed E-state index contributed by atoms with van der Waals surface area (Å²) < 4.78 is 25.2. The summed E-state index contributed by atoms with van der Waals surface area (Å²) in [5.41, 5.74) is 7.12. The van der Waals surface area contributed by atoms with E-state index in [1.165, 1.54) is 12.8 Å². The Bertz CT molecular complexity index is 428. The molecule has 1 aliphatic carbocycles. The number of hydrogen-bond acceptors (Lipinski definition) is 2. The fourth-order valence-corrected chi connectivity index (χ4v) is 3.25. The third-order valence-electron chi connectivity index (χ3n) is 4.41. The Morgan fingerprint density at radius 1 is 1.16 bits per heavy atom.